The van der Waals surface area contributed by atoms with Gasteiger partial charge in [0.05, 0.1) is 6.16 Å². The average Bonchev–Trinajstić information content (AvgIpc) is 2.89. The summed E-state index contributed by atoms with van der Waals surface area (Å²) in [7, 11) is -1.93. The molecule has 1 aliphatic rings. The van der Waals surface area contributed by atoms with Gasteiger partial charge in [-0.05, 0) is 79.3 Å². The Hall–Kier alpha value is -3.06. The molecule has 0 spiro atoms. The van der Waals surface area contributed by atoms with E-state index in [0.29, 0.717) is 12.0 Å². The molecule has 0 aliphatic heterocycles. The Labute approximate surface area is 216 Å². The first-order valence-corrected chi connectivity index (χ1v) is 14.6. The quantitative estimate of drug-likeness (QED) is 0.242. The molecule has 1 aliphatic carbocycles. The second-order valence-corrected chi connectivity index (χ2v) is 13.8. The van der Waals surface area contributed by atoms with Crippen LogP contribution in [0.15, 0.2) is 126 Å². The zero-order chi connectivity index (χ0) is 25.8. The second-order valence-electron chi connectivity index (χ2n) is 10.3. The van der Waals surface area contributed by atoms with Crippen molar-refractivity contribution in [1.29, 1.82) is 0 Å². The third-order valence-electron chi connectivity index (χ3n) is 7.30. The molecular weight excluding hydrogens is 460 g/mol. The van der Waals surface area contributed by atoms with Crippen LogP contribution in [-0.4, -0.2) is 23.2 Å². The monoisotopic (exact) mass is 496 g/mol. The number of hydrogen-bond donors (Lipinski definition) is 1. The number of ketones is 1. The molecule has 0 bridgehead atoms. The van der Waals surface area contributed by atoms with Gasteiger partial charge in [0.15, 0.2) is 5.78 Å². The number of allylic oxidation sites excluding steroid dienone is 5. The summed E-state index contributed by atoms with van der Waals surface area (Å²) in [4.78, 5) is 12.4. The molecule has 0 aromatic heterocycles. The molecule has 1 unspecified atom stereocenters. The fraction of sp³-hybridized carbons (Fsp3) is 0.242. The van der Waals surface area contributed by atoms with Gasteiger partial charge in [0, 0.05) is 0 Å². The van der Waals surface area contributed by atoms with Crippen molar-refractivity contribution in [3.63, 3.8) is 0 Å². The van der Waals surface area contributed by atoms with Crippen LogP contribution in [0.4, 0.5) is 0 Å². The van der Waals surface area contributed by atoms with E-state index in [1.54, 1.807) is 0 Å². The van der Waals surface area contributed by atoms with Crippen molar-refractivity contribution >= 4 is 29.0 Å². The Kier molecular flexibility index (Phi) is 7.88. The predicted molar refractivity (Wildman–Crippen MR) is 155 cm³/mol. The summed E-state index contributed by atoms with van der Waals surface area (Å²) in [5.74, 6) is -0.155. The lowest BCUT2D eigenvalue weighted by Crippen LogP contribution is -2.35. The molecule has 1 atom stereocenters. The molecule has 0 saturated carbocycles. The first-order chi connectivity index (χ1) is 17.3. The zero-order valence-corrected chi connectivity index (χ0v) is 22.6. The van der Waals surface area contributed by atoms with Gasteiger partial charge in [-0.1, -0.05) is 86.2 Å². The van der Waals surface area contributed by atoms with Gasteiger partial charge in [-0.15, -0.1) is 0 Å². The van der Waals surface area contributed by atoms with Crippen LogP contribution < -0.4 is 15.9 Å². The molecule has 0 radical (unpaired) electrons. The molecule has 184 valence electrons. The van der Waals surface area contributed by atoms with E-state index in [4.69, 9.17) is 0 Å². The van der Waals surface area contributed by atoms with Crippen LogP contribution in [0.3, 0.4) is 0 Å². The summed E-state index contributed by atoms with van der Waals surface area (Å²) in [5, 5.41) is 14.3. The number of carbonyl (C=O) groups is 1. The molecule has 3 heteroatoms. The second kappa shape index (κ2) is 10.9. The fourth-order valence-corrected chi connectivity index (χ4v) is 9.43. The van der Waals surface area contributed by atoms with Crippen molar-refractivity contribution in [2.75, 3.05) is 6.16 Å². The van der Waals surface area contributed by atoms with Crippen LogP contribution in [0.25, 0.3) is 0 Å². The van der Waals surface area contributed by atoms with Crippen molar-refractivity contribution in [2.24, 2.45) is 5.41 Å². The minimum atomic E-state index is -1.93. The van der Waals surface area contributed by atoms with E-state index in [1.165, 1.54) is 15.9 Å². The first-order valence-electron chi connectivity index (χ1n) is 12.6. The van der Waals surface area contributed by atoms with Crippen molar-refractivity contribution in [3.05, 3.63) is 126 Å². The van der Waals surface area contributed by atoms with Gasteiger partial charge >= 0.3 is 0 Å². The minimum absolute atomic E-state index is 0.155. The Bertz CT molecular complexity index is 1190. The van der Waals surface area contributed by atoms with Gasteiger partial charge in [-0.25, -0.2) is 0 Å². The fourth-order valence-electron chi connectivity index (χ4n) is 5.30. The number of rotatable bonds is 7. The Balaban J connectivity index is 1.77. The summed E-state index contributed by atoms with van der Waals surface area (Å²) in [6.45, 7) is 8.17. The summed E-state index contributed by atoms with van der Waals surface area (Å²) in [6, 6.07) is 32.7. The molecule has 4 rings (SSSR count). The highest BCUT2D eigenvalue weighted by atomic mass is 31.2. The number of Topliss-reactive ketones (excluding diaryl/α,β-unsaturated/α-hetero) is 1. The lowest BCUT2D eigenvalue weighted by molar-refractivity contribution is -0.125. The summed E-state index contributed by atoms with van der Waals surface area (Å²) in [5.41, 5.74) is 2.60. The predicted octanol–water partition coefficient (Wildman–Crippen LogP) is 6.16. The Morgan fingerprint density at radius 1 is 0.889 bits per heavy atom. The van der Waals surface area contributed by atoms with Crippen molar-refractivity contribution in [3.8, 4) is 0 Å². The van der Waals surface area contributed by atoms with E-state index >= 15 is 0 Å². The van der Waals surface area contributed by atoms with Crippen molar-refractivity contribution < 1.29 is 9.90 Å². The molecule has 1 N–H and O–H groups in total. The number of benzene rings is 3. The van der Waals surface area contributed by atoms with Gasteiger partial charge in [-0.3, -0.25) is 4.79 Å². The van der Waals surface area contributed by atoms with Crippen LogP contribution in [0.5, 0.6) is 0 Å². The molecule has 3 aromatic rings. The van der Waals surface area contributed by atoms with Crippen molar-refractivity contribution in [2.45, 2.75) is 40.2 Å². The Morgan fingerprint density at radius 3 is 1.78 bits per heavy atom. The zero-order valence-electron chi connectivity index (χ0n) is 21.7. The van der Waals surface area contributed by atoms with Gasteiger partial charge in [0.25, 0.3) is 0 Å². The molecule has 0 fully saturated rings. The number of aliphatic hydroxyl groups is 1. The van der Waals surface area contributed by atoms with Crippen LogP contribution in [-0.2, 0) is 4.79 Å². The summed E-state index contributed by atoms with van der Waals surface area (Å²) < 4.78 is 0. The lowest BCUT2D eigenvalue weighted by atomic mass is 9.75. The SMILES string of the molecule is CC1=C(/C=C/C(C)=C/C[P+](c2ccccc2)(c2ccccc2)c2ccccc2)C(C)(C)CC(O)[13C]1=O. The minimum Gasteiger partial charge on any atom is -0.385 e. The van der Waals surface area contributed by atoms with Crippen LogP contribution in [0, 0.1) is 5.41 Å². The molecule has 36 heavy (non-hydrogen) atoms. The van der Waals surface area contributed by atoms with Gasteiger partial charge in [0.2, 0.25) is 0 Å². The van der Waals surface area contributed by atoms with E-state index < -0.39 is 13.4 Å². The maximum atomic E-state index is 12.4. The average molecular weight is 497 g/mol. The highest BCUT2D eigenvalue weighted by molar-refractivity contribution is 7.95. The number of aliphatic hydroxyl groups excluding tert-OH is 1. The summed E-state index contributed by atoms with van der Waals surface area (Å²) >= 11 is 0. The van der Waals surface area contributed by atoms with E-state index in [-0.39, 0.29) is 11.2 Å². The van der Waals surface area contributed by atoms with E-state index in [2.05, 4.69) is 130 Å². The van der Waals surface area contributed by atoms with E-state index in [1.807, 2.05) is 6.92 Å². The largest absolute Gasteiger partial charge is 0.385 e. The third kappa shape index (κ3) is 5.21. The summed E-state index contributed by atoms with van der Waals surface area (Å²) in [6.07, 6.45) is 7.01. The van der Waals surface area contributed by atoms with Crippen LogP contribution >= 0.6 is 7.26 Å². The Morgan fingerprint density at radius 2 is 1.33 bits per heavy atom. The highest BCUT2D eigenvalue weighted by Crippen LogP contribution is 2.55. The van der Waals surface area contributed by atoms with E-state index in [0.717, 1.165) is 17.3 Å². The van der Waals surface area contributed by atoms with Crippen LogP contribution in [0.2, 0.25) is 0 Å². The molecule has 2 nitrogen and oxygen atoms in total. The smallest absolute Gasteiger partial charge is 0.187 e. The maximum absolute atomic E-state index is 12.4. The third-order valence-corrected chi connectivity index (χ3v) is 11.6. The topological polar surface area (TPSA) is 37.3 Å². The normalized spacial score (nSPS) is 18.6. The molecule has 0 heterocycles. The molecular formula is C33H36O2P+. The molecule has 0 saturated heterocycles. The standard InChI is InChI=1S/C33H36O2P/c1-25(20-21-30-26(2)32(35)31(34)24-33(30,3)4)22-23-36(27-14-8-5-9-15-27,28-16-10-6-11-17-28)29-18-12-7-13-19-29/h5-22,31,34H,23-24H2,1-4H3/q+1/b21-20+,25-22+/i32+1. The highest BCUT2D eigenvalue weighted by Gasteiger charge is 2.44. The molecule has 0 amide bonds. The first kappa shape index (κ1) is 26.0. The lowest BCUT2D eigenvalue weighted by Gasteiger charge is -2.34. The molecule has 3 aromatic carbocycles. The number of carbonyl (C=O) groups excluding carboxylic acids is 1. The van der Waals surface area contributed by atoms with Crippen LogP contribution in [0.1, 0.15) is 34.1 Å². The van der Waals surface area contributed by atoms with E-state index in [9.17, 15) is 9.90 Å². The van der Waals surface area contributed by atoms with Gasteiger partial charge in [0.1, 0.15) is 29.3 Å². The maximum Gasteiger partial charge on any atom is 0.187 e. The van der Waals surface area contributed by atoms with Crippen molar-refractivity contribution in [1.82, 2.24) is 0 Å². The van der Waals surface area contributed by atoms with Gasteiger partial charge < -0.3 is 5.11 Å². The van der Waals surface area contributed by atoms with Gasteiger partial charge in [-0.2, -0.15) is 0 Å². The number of hydrogen-bond acceptors (Lipinski definition) is 2.